The number of hydrogen-bond donors (Lipinski definition) is 1. The minimum Gasteiger partial charge on any atom is -0.494 e. The average Bonchev–Trinajstić information content (AvgIpc) is 2.83. The summed E-state index contributed by atoms with van der Waals surface area (Å²) in [4.78, 5) is 11.9. The van der Waals surface area contributed by atoms with Gasteiger partial charge in [0.15, 0.2) is 17.3 Å². The highest BCUT2D eigenvalue weighted by molar-refractivity contribution is 6.32. The number of anilines is 1. The lowest BCUT2D eigenvalue weighted by Gasteiger charge is -2.13. The molecule has 1 heterocycles. The van der Waals surface area contributed by atoms with Crippen LogP contribution in [0, 0.1) is 17.1 Å². The number of carbonyl (C=O) groups excluding carboxylic acids is 1. The van der Waals surface area contributed by atoms with Crippen LogP contribution in [-0.4, -0.2) is 24.8 Å². The zero-order valence-electron chi connectivity index (χ0n) is 11.7. The van der Waals surface area contributed by atoms with Gasteiger partial charge in [-0.05, 0) is 12.1 Å². The van der Waals surface area contributed by atoms with Crippen LogP contribution < -0.4 is 10.5 Å². The van der Waals surface area contributed by atoms with E-state index in [1.54, 1.807) is 0 Å². The molecule has 0 spiro atoms. The number of nitrogens with zero attached hydrogens (tertiary/aromatic N) is 2. The fourth-order valence-electron chi connectivity index (χ4n) is 1.99. The van der Waals surface area contributed by atoms with Crippen LogP contribution in [0.4, 0.5) is 10.1 Å². The van der Waals surface area contributed by atoms with Crippen molar-refractivity contribution in [1.82, 2.24) is 4.57 Å². The average molecular weight is 324 g/mol. The third-order valence-corrected chi connectivity index (χ3v) is 3.34. The first-order valence-electron chi connectivity index (χ1n) is 5.97. The monoisotopic (exact) mass is 323 g/mol. The Morgan fingerprint density at radius 2 is 2.14 bits per heavy atom. The van der Waals surface area contributed by atoms with Crippen molar-refractivity contribution in [3.63, 3.8) is 0 Å². The first-order chi connectivity index (χ1) is 10.5. The minimum atomic E-state index is -0.822. The number of halogens is 2. The quantitative estimate of drug-likeness (QED) is 0.876. The van der Waals surface area contributed by atoms with Crippen molar-refractivity contribution < 1.29 is 18.7 Å². The number of nitriles is 1. The van der Waals surface area contributed by atoms with Crippen LogP contribution in [-0.2, 0) is 4.74 Å². The van der Waals surface area contributed by atoms with Crippen LogP contribution in [0.3, 0.4) is 0 Å². The van der Waals surface area contributed by atoms with Gasteiger partial charge in [0.05, 0.1) is 30.5 Å². The molecule has 0 unspecified atom stereocenters. The highest BCUT2D eigenvalue weighted by atomic mass is 35.5. The Bertz CT molecular complexity index is 796. The smallest absolute Gasteiger partial charge is 0.357 e. The highest BCUT2D eigenvalue weighted by Gasteiger charge is 2.25. The maximum Gasteiger partial charge on any atom is 0.357 e. The highest BCUT2D eigenvalue weighted by Crippen LogP contribution is 2.34. The molecule has 0 saturated carbocycles. The number of benzene rings is 1. The lowest BCUT2D eigenvalue weighted by Crippen LogP contribution is -2.12. The molecule has 0 aliphatic rings. The van der Waals surface area contributed by atoms with Gasteiger partial charge >= 0.3 is 5.97 Å². The molecule has 1 aromatic heterocycles. The molecule has 1 aromatic carbocycles. The predicted octanol–water partition coefficient (Wildman–Crippen LogP) is 2.52. The van der Waals surface area contributed by atoms with Crippen LogP contribution in [0.15, 0.2) is 18.3 Å². The van der Waals surface area contributed by atoms with Crippen molar-refractivity contribution in [2.24, 2.45) is 0 Å². The van der Waals surface area contributed by atoms with E-state index >= 15 is 0 Å². The van der Waals surface area contributed by atoms with E-state index in [2.05, 4.69) is 4.74 Å². The number of carbonyl (C=O) groups is 1. The van der Waals surface area contributed by atoms with Crippen molar-refractivity contribution in [3.05, 3.63) is 40.4 Å². The van der Waals surface area contributed by atoms with Crippen molar-refractivity contribution in [2.75, 3.05) is 20.0 Å². The summed E-state index contributed by atoms with van der Waals surface area (Å²) in [6, 6.07) is 4.57. The van der Waals surface area contributed by atoms with Crippen LogP contribution >= 0.6 is 11.6 Å². The summed E-state index contributed by atoms with van der Waals surface area (Å²) in [6.45, 7) is 0. The molecule has 22 heavy (non-hydrogen) atoms. The number of aromatic nitrogens is 1. The number of methoxy groups -OCH3 is 2. The maximum absolute atomic E-state index is 14.5. The number of nitrogen functional groups attached to an aromatic ring is 1. The van der Waals surface area contributed by atoms with E-state index in [-0.39, 0.29) is 33.4 Å². The fourth-order valence-corrected chi connectivity index (χ4v) is 2.23. The Hall–Kier alpha value is -2.72. The molecule has 2 N–H and O–H groups in total. The van der Waals surface area contributed by atoms with Crippen LogP contribution in [0.5, 0.6) is 5.75 Å². The van der Waals surface area contributed by atoms with E-state index in [0.717, 1.165) is 11.7 Å². The Labute approximate surface area is 130 Å². The normalized spacial score (nSPS) is 10.1. The standard InChI is InChI=1S/C14H11ClFN3O3/c1-21-9-4-3-8(15)12(10(9)16)19-6-7(5-17)11(18)13(19)14(20)22-2/h3-4,6H,18H2,1-2H3. The Morgan fingerprint density at radius 1 is 1.45 bits per heavy atom. The van der Waals surface area contributed by atoms with E-state index < -0.39 is 11.8 Å². The number of ether oxygens (including phenoxy) is 2. The lowest BCUT2D eigenvalue weighted by atomic mass is 10.2. The SMILES string of the molecule is COC(=O)c1c(N)c(C#N)cn1-c1c(Cl)ccc(OC)c1F. The number of rotatable bonds is 3. The summed E-state index contributed by atoms with van der Waals surface area (Å²) < 4.78 is 25.1. The largest absolute Gasteiger partial charge is 0.494 e. The zero-order chi connectivity index (χ0) is 16.4. The van der Waals surface area contributed by atoms with Crippen molar-refractivity contribution in [2.45, 2.75) is 0 Å². The first kappa shape index (κ1) is 15.7. The van der Waals surface area contributed by atoms with Gasteiger partial charge in [0.1, 0.15) is 11.8 Å². The summed E-state index contributed by atoms with van der Waals surface area (Å²) in [5, 5.41) is 9.07. The summed E-state index contributed by atoms with van der Waals surface area (Å²) >= 11 is 6.03. The third-order valence-electron chi connectivity index (χ3n) is 3.04. The summed E-state index contributed by atoms with van der Waals surface area (Å²) in [7, 11) is 2.44. The molecular weight excluding hydrogens is 313 g/mol. The molecular formula is C14H11ClFN3O3. The molecule has 0 radical (unpaired) electrons. The molecule has 0 saturated heterocycles. The van der Waals surface area contributed by atoms with Gasteiger partial charge in [0, 0.05) is 6.20 Å². The molecule has 0 amide bonds. The van der Waals surface area contributed by atoms with Crippen molar-refractivity contribution in [3.8, 4) is 17.5 Å². The minimum absolute atomic E-state index is 0.00122. The summed E-state index contributed by atoms with van der Waals surface area (Å²) in [5.74, 6) is -1.68. The van der Waals surface area contributed by atoms with Gasteiger partial charge in [-0.2, -0.15) is 5.26 Å². The molecule has 0 atom stereocenters. The van der Waals surface area contributed by atoms with Crippen molar-refractivity contribution in [1.29, 1.82) is 5.26 Å². The van der Waals surface area contributed by atoms with E-state index in [1.807, 2.05) is 6.07 Å². The van der Waals surface area contributed by atoms with Gasteiger partial charge in [-0.3, -0.25) is 0 Å². The molecule has 8 heteroatoms. The molecule has 0 bridgehead atoms. The number of hydrogen-bond acceptors (Lipinski definition) is 5. The van der Waals surface area contributed by atoms with E-state index in [4.69, 9.17) is 27.3 Å². The molecule has 6 nitrogen and oxygen atoms in total. The maximum atomic E-state index is 14.5. The summed E-state index contributed by atoms with van der Waals surface area (Å²) in [6.07, 6.45) is 1.21. The van der Waals surface area contributed by atoms with Gasteiger partial charge in [-0.25, -0.2) is 9.18 Å². The van der Waals surface area contributed by atoms with E-state index in [9.17, 15) is 9.18 Å². The zero-order valence-corrected chi connectivity index (χ0v) is 12.4. The molecule has 2 aromatic rings. The first-order valence-corrected chi connectivity index (χ1v) is 6.35. The van der Waals surface area contributed by atoms with Gasteiger partial charge in [0.25, 0.3) is 0 Å². The molecule has 0 aliphatic heterocycles. The summed E-state index contributed by atoms with van der Waals surface area (Å²) in [5.41, 5.74) is 5.29. The molecule has 0 fully saturated rings. The second-order valence-corrected chi connectivity index (χ2v) is 4.60. The molecule has 114 valence electrons. The Balaban J connectivity index is 2.84. The van der Waals surface area contributed by atoms with Crippen molar-refractivity contribution >= 4 is 23.3 Å². The Morgan fingerprint density at radius 3 is 2.68 bits per heavy atom. The molecule has 0 aliphatic carbocycles. The third kappa shape index (κ3) is 2.34. The van der Waals surface area contributed by atoms with E-state index in [1.165, 1.54) is 25.4 Å². The second kappa shape index (κ2) is 5.95. The lowest BCUT2D eigenvalue weighted by molar-refractivity contribution is 0.0593. The number of esters is 1. The van der Waals surface area contributed by atoms with Gasteiger partial charge < -0.3 is 19.8 Å². The molecule has 2 rings (SSSR count). The predicted molar refractivity (Wildman–Crippen MR) is 77.8 cm³/mol. The van der Waals surface area contributed by atoms with Crippen LogP contribution in [0.25, 0.3) is 5.69 Å². The fraction of sp³-hybridized carbons (Fsp3) is 0.143. The van der Waals surface area contributed by atoms with Gasteiger partial charge in [0.2, 0.25) is 0 Å². The van der Waals surface area contributed by atoms with E-state index in [0.29, 0.717) is 0 Å². The number of nitrogens with two attached hydrogens (primary N) is 1. The second-order valence-electron chi connectivity index (χ2n) is 4.19. The van der Waals surface area contributed by atoms with Gasteiger partial charge in [-0.1, -0.05) is 11.6 Å². The van der Waals surface area contributed by atoms with Crippen LogP contribution in [0.1, 0.15) is 16.1 Å². The topological polar surface area (TPSA) is 90.3 Å². The van der Waals surface area contributed by atoms with Gasteiger partial charge in [-0.15, -0.1) is 0 Å². The Kier molecular flexibility index (Phi) is 4.24. The van der Waals surface area contributed by atoms with Crippen LogP contribution in [0.2, 0.25) is 5.02 Å².